The van der Waals surface area contributed by atoms with E-state index in [1.165, 1.54) is 17.0 Å². The Morgan fingerprint density at radius 3 is 2.52 bits per heavy atom. The Kier molecular flexibility index (Phi) is 4.31. The van der Waals surface area contributed by atoms with E-state index in [-0.39, 0.29) is 30.5 Å². The number of rotatable bonds is 5. The monoisotopic (exact) mass is 332 g/mol. The number of benzene rings is 2. The van der Waals surface area contributed by atoms with Gasteiger partial charge in [0, 0.05) is 13.1 Å². The molecule has 1 aliphatic rings. The summed E-state index contributed by atoms with van der Waals surface area (Å²) in [6, 6.07) is 15.3. The number of carbonyl (C=O) groups is 1. The molecule has 0 atom stereocenters. The lowest BCUT2D eigenvalue weighted by Gasteiger charge is -2.29. The maximum Gasteiger partial charge on any atom is 0.265 e. The van der Waals surface area contributed by atoms with E-state index in [1.54, 1.807) is 30.3 Å². The number of nitrogens with one attached hydrogen (secondary N) is 1. The summed E-state index contributed by atoms with van der Waals surface area (Å²) in [4.78, 5) is 13.7. The van der Waals surface area contributed by atoms with Crippen molar-refractivity contribution in [3.05, 3.63) is 54.6 Å². The predicted octanol–water partition coefficient (Wildman–Crippen LogP) is 1.39. The molecule has 0 saturated heterocycles. The van der Waals surface area contributed by atoms with Gasteiger partial charge in [0.1, 0.15) is 5.75 Å². The lowest BCUT2D eigenvalue weighted by molar-refractivity contribution is -0.121. The van der Waals surface area contributed by atoms with Crippen LogP contribution in [0.25, 0.3) is 0 Å². The first kappa shape index (κ1) is 15.5. The van der Waals surface area contributed by atoms with Gasteiger partial charge < -0.3 is 9.64 Å². The van der Waals surface area contributed by atoms with Gasteiger partial charge in [0.2, 0.25) is 10.0 Å². The first-order valence-electron chi connectivity index (χ1n) is 7.15. The van der Waals surface area contributed by atoms with Crippen molar-refractivity contribution in [2.24, 2.45) is 0 Å². The van der Waals surface area contributed by atoms with Crippen molar-refractivity contribution in [2.75, 3.05) is 24.6 Å². The molecular formula is C16H16N2O4S. The summed E-state index contributed by atoms with van der Waals surface area (Å²) in [5.74, 6) is 0.431. The van der Waals surface area contributed by atoms with Crippen LogP contribution >= 0.6 is 0 Å². The first-order chi connectivity index (χ1) is 11.1. The van der Waals surface area contributed by atoms with E-state index in [1.807, 2.05) is 12.1 Å². The Morgan fingerprint density at radius 2 is 1.74 bits per heavy atom. The molecule has 0 unspecified atom stereocenters. The molecule has 0 fully saturated rings. The Labute approximate surface area is 134 Å². The van der Waals surface area contributed by atoms with Crippen LogP contribution in [0.4, 0.5) is 5.69 Å². The number of amides is 1. The minimum Gasteiger partial charge on any atom is -0.482 e. The lowest BCUT2D eigenvalue weighted by Crippen LogP contribution is -2.43. The van der Waals surface area contributed by atoms with Crippen molar-refractivity contribution in [1.82, 2.24) is 4.72 Å². The summed E-state index contributed by atoms with van der Waals surface area (Å²) in [6.45, 7) is 0.324. The zero-order valence-corrected chi connectivity index (χ0v) is 13.1. The van der Waals surface area contributed by atoms with Gasteiger partial charge in [0.15, 0.2) is 6.61 Å². The van der Waals surface area contributed by atoms with E-state index in [0.717, 1.165) is 0 Å². The summed E-state index contributed by atoms with van der Waals surface area (Å²) < 4.78 is 32.2. The van der Waals surface area contributed by atoms with E-state index < -0.39 is 10.0 Å². The Hall–Kier alpha value is -2.38. The van der Waals surface area contributed by atoms with Gasteiger partial charge in [0.05, 0.1) is 10.6 Å². The number of anilines is 1. The second-order valence-corrected chi connectivity index (χ2v) is 6.78. The fourth-order valence-corrected chi connectivity index (χ4v) is 3.42. The molecule has 2 aromatic rings. The molecule has 1 amide bonds. The van der Waals surface area contributed by atoms with Gasteiger partial charge in [-0.15, -0.1) is 0 Å². The van der Waals surface area contributed by atoms with Gasteiger partial charge in [0.25, 0.3) is 5.91 Å². The summed E-state index contributed by atoms with van der Waals surface area (Å²) in [5.41, 5.74) is 0.655. The van der Waals surface area contributed by atoms with Gasteiger partial charge >= 0.3 is 0 Å². The van der Waals surface area contributed by atoms with Crippen LogP contribution in [-0.2, 0) is 14.8 Å². The molecule has 6 nitrogen and oxygen atoms in total. The molecule has 0 aliphatic carbocycles. The van der Waals surface area contributed by atoms with Crippen molar-refractivity contribution < 1.29 is 17.9 Å². The van der Waals surface area contributed by atoms with Gasteiger partial charge in [-0.3, -0.25) is 4.79 Å². The average Bonchev–Trinajstić information content (AvgIpc) is 2.57. The van der Waals surface area contributed by atoms with Crippen molar-refractivity contribution >= 4 is 21.6 Å². The fourth-order valence-electron chi connectivity index (χ4n) is 2.37. The molecule has 1 aliphatic heterocycles. The Morgan fingerprint density at radius 1 is 1.04 bits per heavy atom. The molecule has 0 saturated carbocycles. The maximum absolute atomic E-state index is 12.2. The third kappa shape index (κ3) is 3.35. The summed E-state index contributed by atoms with van der Waals surface area (Å²) in [6.07, 6.45) is 0. The van der Waals surface area contributed by atoms with E-state index >= 15 is 0 Å². The van der Waals surface area contributed by atoms with Crippen molar-refractivity contribution in [3.63, 3.8) is 0 Å². The summed E-state index contributed by atoms with van der Waals surface area (Å²) in [5, 5.41) is 0. The van der Waals surface area contributed by atoms with Crippen LogP contribution in [-0.4, -0.2) is 34.0 Å². The number of fused-ring (bicyclic) bond motifs is 1. The standard InChI is InChI=1S/C16H16N2O4S/c19-16-12-22-15-9-5-4-8-14(15)18(16)11-10-17-23(20,21)13-6-2-1-3-7-13/h1-9,17H,10-12H2. The van der Waals surface area contributed by atoms with Gasteiger partial charge in [-0.1, -0.05) is 30.3 Å². The number of para-hydroxylation sites is 2. The molecule has 2 aromatic carbocycles. The van der Waals surface area contributed by atoms with E-state index in [0.29, 0.717) is 11.4 Å². The molecule has 3 rings (SSSR count). The Balaban J connectivity index is 1.68. The van der Waals surface area contributed by atoms with E-state index in [4.69, 9.17) is 4.74 Å². The van der Waals surface area contributed by atoms with E-state index in [2.05, 4.69) is 4.72 Å². The molecule has 7 heteroatoms. The quantitative estimate of drug-likeness (QED) is 0.898. The first-order valence-corrected chi connectivity index (χ1v) is 8.63. The van der Waals surface area contributed by atoms with Crippen molar-refractivity contribution in [2.45, 2.75) is 4.90 Å². The molecule has 120 valence electrons. The van der Waals surface area contributed by atoms with Crippen LogP contribution in [0.1, 0.15) is 0 Å². The van der Waals surface area contributed by atoms with Crippen LogP contribution in [0.5, 0.6) is 5.75 Å². The van der Waals surface area contributed by atoms with Crippen molar-refractivity contribution in [3.8, 4) is 5.75 Å². The highest BCUT2D eigenvalue weighted by molar-refractivity contribution is 7.89. The van der Waals surface area contributed by atoms with Gasteiger partial charge in [-0.05, 0) is 24.3 Å². The molecule has 1 N–H and O–H groups in total. The summed E-state index contributed by atoms with van der Waals surface area (Å²) >= 11 is 0. The van der Waals surface area contributed by atoms with Gasteiger partial charge in [-0.2, -0.15) is 0 Å². The number of nitrogens with zero attached hydrogens (tertiary/aromatic N) is 1. The van der Waals surface area contributed by atoms with Crippen molar-refractivity contribution in [1.29, 1.82) is 0 Å². The van der Waals surface area contributed by atoms with Crippen LogP contribution in [0.3, 0.4) is 0 Å². The molecule has 0 bridgehead atoms. The topological polar surface area (TPSA) is 75.7 Å². The minimum absolute atomic E-state index is 0.0392. The molecule has 23 heavy (non-hydrogen) atoms. The zero-order valence-electron chi connectivity index (χ0n) is 12.3. The number of sulfonamides is 1. The normalized spacial score (nSPS) is 14.3. The largest absolute Gasteiger partial charge is 0.482 e. The minimum atomic E-state index is -3.58. The zero-order chi connectivity index (χ0) is 16.3. The molecular weight excluding hydrogens is 316 g/mol. The average molecular weight is 332 g/mol. The second-order valence-electron chi connectivity index (χ2n) is 5.01. The number of ether oxygens (including phenoxy) is 1. The number of hydrogen-bond acceptors (Lipinski definition) is 4. The number of hydrogen-bond donors (Lipinski definition) is 1. The Bertz CT molecular complexity index is 806. The molecule has 1 heterocycles. The molecule has 0 spiro atoms. The molecule has 0 radical (unpaired) electrons. The van der Waals surface area contributed by atoms with Gasteiger partial charge in [-0.25, -0.2) is 13.1 Å². The predicted molar refractivity (Wildman–Crippen MR) is 85.9 cm³/mol. The highest BCUT2D eigenvalue weighted by Gasteiger charge is 2.25. The molecule has 0 aromatic heterocycles. The van der Waals surface area contributed by atoms with Crippen LogP contribution < -0.4 is 14.4 Å². The SMILES string of the molecule is O=C1COc2ccccc2N1CCNS(=O)(=O)c1ccccc1. The summed E-state index contributed by atoms with van der Waals surface area (Å²) in [7, 11) is -3.58. The van der Waals surface area contributed by atoms with Crippen LogP contribution in [0.2, 0.25) is 0 Å². The lowest BCUT2D eigenvalue weighted by atomic mass is 10.2. The van der Waals surface area contributed by atoms with Crippen LogP contribution in [0, 0.1) is 0 Å². The third-order valence-electron chi connectivity index (χ3n) is 3.49. The highest BCUT2D eigenvalue weighted by atomic mass is 32.2. The maximum atomic E-state index is 12.2. The number of carbonyl (C=O) groups excluding carboxylic acids is 1. The second kappa shape index (κ2) is 6.39. The third-order valence-corrected chi connectivity index (χ3v) is 4.97. The fraction of sp³-hybridized carbons (Fsp3) is 0.188. The highest BCUT2D eigenvalue weighted by Crippen LogP contribution is 2.30. The smallest absolute Gasteiger partial charge is 0.265 e. The van der Waals surface area contributed by atoms with E-state index in [9.17, 15) is 13.2 Å². The van der Waals surface area contributed by atoms with Crippen LogP contribution in [0.15, 0.2) is 59.5 Å².